The summed E-state index contributed by atoms with van der Waals surface area (Å²) in [6.07, 6.45) is 6.89. The number of halogens is 2. The van der Waals surface area contributed by atoms with E-state index < -0.39 is 0 Å². The summed E-state index contributed by atoms with van der Waals surface area (Å²) in [5.41, 5.74) is 2.16. The van der Waals surface area contributed by atoms with E-state index in [0.29, 0.717) is 0 Å². The van der Waals surface area contributed by atoms with Crippen LogP contribution in [-0.2, 0) is 0 Å². The summed E-state index contributed by atoms with van der Waals surface area (Å²) in [6.45, 7) is 0. The molecular weight excluding hydrogens is 237 g/mol. The van der Waals surface area contributed by atoms with Crippen LogP contribution in [0.25, 0.3) is 0 Å². The minimum Gasteiger partial charge on any atom is -0.310 e. The molecular formula is C14H17ClFN. The van der Waals surface area contributed by atoms with Crippen molar-refractivity contribution in [1.82, 2.24) is 5.32 Å². The Labute approximate surface area is 107 Å². The Balaban J connectivity index is 2.34. The van der Waals surface area contributed by atoms with Crippen molar-refractivity contribution in [2.45, 2.75) is 31.7 Å². The van der Waals surface area contributed by atoms with Crippen LogP contribution in [0, 0.1) is 5.82 Å². The van der Waals surface area contributed by atoms with Gasteiger partial charge < -0.3 is 5.32 Å². The minimum atomic E-state index is -0.346. The molecule has 0 bridgehead atoms. The molecule has 17 heavy (non-hydrogen) atoms. The van der Waals surface area contributed by atoms with Crippen molar-refractivity contribution in [2.24, 2.45) is 0 Å². The van der Waals surface area contributed by atoms with Gasteiger partial charge in [-0.25, -0.2) is 4.39 Å². The van der Waals surface area contributed by atoms with E-state index in [-0.39, 0.29) is 16.9 Å². The number of hydrogen-bond acceptors (Lipinski definition) is 1. The quantitative estimate of drug-likeness (QED) is 0.795. The average Bonchev–Trinajstić information content (AvgIpc) is 2.37. The first-order valence-corrected chi connectivity index (χ1v) is 6.42. The lowest BCUT2D eigenvalue weighted by atomic mass is 9.90. The molecule has 0 saturated carbocycles. The highest BCUT2D eigenvalue weighted by atomic mass is 35.5. The van der Waals surface area contributed by atoms with Gasteiger partial charge in [0.25, 0.3) is 0 Å². The van der Waals surface area contributed by atoms with Gasteiger partial charge in [0.15, 0.2) is 0 Å². The second-order valence-corrected chi connectivity index (χ2v) is 4.77. The first-order valence-electron chi connectivity index (χ1n) is 6.04. The molecule has 3 heteroatoms. The normalized spacial score (nSPS) is 17.7. The number of allylic oxidation sites excluding steroid dienone is 1. The number of likely N-dealkylation sites (N-methyl/N-ethyl adjacent to an activating group) is 1. The summed E-state index contributed by atoms with van der Waals surface area (Å²) >= 11 is 6.04. The molecule has 1 aliphatic carbocycles. The lowest BCUT2D eigenvalue weighted by Gasteiger charge is -2.24. The van der Waals surface area contributed by atoms with Crippen LogP contribution >= 0.6 is 11.6 Å². The van der Waals surface area contributed by atoms with Gasteiger partial charge in [-0.05, 0) is 44.4 Å². The van der Waals surface area contributed by atoms with Gasteiger partial charge >= 0.3 is 0 Å². The predicted molar refractivity (Wildman–Crippen MR) is 69.8 cm³/mol. The second kappa shape index (κ2) is 5.65. The molecule has 0 heterocycles. The third-order valence-corrected chi connectivity index (χ3v) is 3.68. The molecule has 1 atom stereocenters. The molecule has 1 N–H and O–H groups in total. The van der Waals surface area contributed by atoms with Crippen LogP contribution in [0.2, 0.25) is 5.02 Å². The first kappa shape index (κ1) is 12.6. The smallest absolute Gasteiger partial charge is 0.142 e. The number of rotatable bonds is 3. The van der Waals surface area contributed by atoms with Gasteiger partial charge in [-0.2, -0.15) is 0 Å². The summed E-state index contributed by atoms with van der Waals surface area (Å²) in [7, 11) is 1.89. The fraction of sp³-hybridized carbons (Fsp3) is 0.429. The van der Waals surface area contributed by atoms with Gasteiger partial charge in [-0.3, -0.25) is 0 Å². The molecule has 0 radical (unpaired) electrons. The summed E-state index contributed by atoms with van der Waals surface area (Å²) in [5, 5.41) is 3.47. The molecule has 0 amide bonds. The monoisotopic (exact) mass is 253 g/mol. The van der Waals surface area contributed by atoms with E-state index in [1.165, 1.54) is 24.5 Å². The SMILES string of the molecule is CNC(C1=CCCCC1)c1cccc(F)c1Cl. The van der Waals surface area contributed by atoms with Gasteiger partial charge in [0.05, 0.1) is 11.1 Å². The molecule has 1 aliphatic rings. The van der Waals surface area contributed by atoms with Crippen LogP contribution in [0.3, 0.4) is 0 Å². The average molecular weight is 254 g/mol. The Kier molecular flexibility index (Phi) is 4.19. The summed E-state index contributed by atoms with van der Waals surface area (Å²) in [5.74, 6) is -0.346. The first-order chi connectivity index (χ1) is 8.24. The highest BCUT2D eigenvalue weighted by molar-refractivity contribution is 6.31. The van der Waals surface area contributed by atoms with E-state index in [9.17, 15) is 4.39 Å². The number of hydrogen-bond donors (Lipinski definition) is 1. The fourth-order valence-electron chi connectivity index (χ4n) is 2.41. The molecule has 0 saturated heterocycles. The van der Waals surface area contributed by atoms with E-state index in [0.717, 1.165) is 18.4 Å². The van der Waals surface area contributed by atoms with E-state index in [1.54, 1.807) is 6.07 Å². The van der Waals surface area contributed by atoms with Crippen molar-refractivity contribution < 1.29 is 4.39 Å². The van der Waals surface area contributed by atoms with E-state index in [4.69, 9.17) is 11.6 Å². The molecule has 0 aromatic heterocycles. The predicted octanol–water partition coefficient (Wildman–Crippen LogP) is 4.24. The molecule has 0 spiro atoms. The zero-order valence-corrected chi connectivity index (χ0v) is 10.7. The number of benzene rings is 1. The second-order valence-electron chi connectivity index (χ2n) is 4.39. The third-order valence-electron chi connectivity index (χ3n) is 3.28. The molecule has 92 valence electrons. The van der Waals surface area contributed by atoms with Crippen molar-refractivity contribution >= 4 is 11.6 Å². The van der Waals surface area contributed by atoms with Crippen molar-refractivity contribution in [2.75, 3.05) is 7.05 Å². The van der Waals surface area contributed by atoms with Gasteiger partial charge in [-0.1, -0.05) is 35.4 Å². The lowest BCUT2D eigenvalue weighted by molar-refractivity contribution is 0.583. The molecule has 1 aromatic rings. The largest absolute Gasteiger partial charge is 0.310 e. The van der Waals surface area contributed by atoms with Crippen LogP contribution < -0.4 is 5.32 Å². The Hall–Kier alpha value is -0.860. The molecule has 1 unspecified atom stereocenters. The highest BCUT2D eigenvalue weighted by Gasteiger charge is 2.20. The maximum absolute atomic E-state index is 13.5. The van der Waals surface area contributed by atoms with E-state index in [1.807, 2.05) is 13.1 Å². The van der Waals surface area contributed by atoms with Crippen LogP contribution in [0.1, 0.15) is 37.3 Å². The summed E-state index contributed by atoms with van der Waals surface area (Å²) in [6, 6.07) is 5.04. The lowest BCUT2D eigenvalue weighted by Crippen LogP contribution is -2.20. The standard InChI is InChI=1S/C14H17ClFN/c1-17-14(10-6-3-2-4-7-10)11-8-5-9-12(16)13(11)15/h5-6,8-9,14,17H,2-4,7H2,1H3. The topological polar surface area (TPSA) is 12.0 Å². The maximum Gasteiger partial charge on any atom is 0.142 e. The third kappa shape index (κ3) is 2.70. The Morgan fingerprint density at radius 2 is 2.18 bits per heavy atom. The molecule has 0 fully saturated rings. The maximum atomic E-state index is 13.5. The van der Waals surface area contributed by atoms with Crippen molar-refractivity contribution in [3.05, 3.63) is 46.3 Å². The Morgan fingerprint density at radius 3 is 2.82 bits per heavy atom. The van der Waals surface area contributed by atoms with Gasteiger partial charge in [-0.15, -0.1) is 0 Å². The van der Waals surface area contributed by atoms with Crippen LogP contribution in [0.5, 0.6) is 0 Å². The molecule has 1 aromatic carbocycles. The Morgan fingerprint density at radius 1 is 1.35 bits per heavy atom. The van der Waals surface area contributed by atoms with E-state index >= 15 is 0 Å². The fourth-order valence-corrected chi connectivity index (χ4v) is 2.64. The van der Waals surface area contributed by atoms with Gasteiger partial charge in [0, 0.05) is 0 Å². The highest BCUT2D eigenvalue weighted by Crippen LogP contribution is 2.34. The molecule has 1 nitrogen and oxygen atoms in total. The van der Waals surface area contributed by atoms with Crippen molar-refractivity contribution in [1.29, 1.82) is 0 Å². The Bertz CT molecular complexity index is 428. The number of nitrogens with one attached hydrogen (secondary N) is 1. The van der Waals surface area contributed by atoms with Crippen LogP contribution in [0.15, 0.2) is 29.8 Å². The molecule has 2 rings (SSSR count). The van der Waals surface area contributed by atoms with Crippen LogP contribution in [0.4, 0.5) is 4.39 Å². The summed E-state index contributed by atoms with van der Waals surface area (Å²) < 4.78 is 13.5. The van der Waals surface area contributed by atoms with Gasteiger partial charge in [0.1, 0.15) is 5.82 Å². The van der Waals surface area contributed by atoms with Crippen LogP contribution in [-0.4, -0.2) is 7.05 Å². The van der Waals surface area contributed by atoms with Crippen molar-refractivity contribution in [3.8, 4) is 0 Å². The zero-order valence-electron chi connectivity index (χ0n) is 9.97. The summed E-state index contributed by atoms with van der Waals surface area (Å²) in [4.78, 5) is 0. The van der Waals surface area contributed by atoms with E-state index in [2.05, 4.69) is 11.4 Å². The van der Waals surface area contributed by atoms with Gasteiger partial charge in [0.2, 0.25) is 0 Å². The van der Waals surface area contributed by atoms with Crippen molar-refractivity contribution in [3.63, 3.8) is 0 Å². The minimum absolute atomic E-state index is 0.0403. The molecule has 0 aliphatic heterocycles. The zero-order chi connectivity index (χ0) is 12.3.